The van der Waals surface area contributed by atoms with E-state index in [-0.39, 0.29) is 0 Å². The van der Waals surface area contributed by atoms with Crippen LogP contribution in [0, 0.1) is 0 Å². The molecule has 0 bridgehead atoms. The molecule has 54 valence electrons. The van der Waals surface area contributed by atoms with Gasteiger partial charge in [-0.05, 0) is 0 Å². The van der Waals surface area contributed by atoms with Crippen LogP contribution in [0.4, 0.5) is 13.2 Å². The van der Waals surface area contributed by atoms with Crippen molar-refractivity contribution in [1.29, 1.82) is 0 Å². The summed E-state index contributed by atoms with van der Waals surface area (Å²) in [5, 5.41) is 0. The van der Waals surface area contributed by atoms with Crippen LogP contribution in [-0.4, -0.2) is 18.9 Å². The lowest BCUT2D eigenvalue weighted by molar-refractivity contribution is -0.127. The maximum atomic E-state index is 12.0. The highest BCUT2D eigenvalue weighted by Crippen LogP contribution is 2.32. The second-order valence-electron chi connectivity index (χ2n) is 1.47. The summed E-state index contributed by atoms with van der Waals surface area (Å²) >= 11 is 0. The quantitative estimate of drug-likeness (QED) is 0.499. The van der Waals surface area contributed by atoms with E-state index in [1.54, 1.807) is 0 Å². The van der Waals surface area contributed by atoms with Gasteiger partial charge >= 0.3 is 0 Å². The number of halogens is 3. The second kappa shape index (κ2) is 2.82. The Labute approximate surface area is 51.3 Å². The lowest BCUT2D eigenvalue weighted by atomic mass is 10.4. The van der Waals surface area contributed by atoms with Gasteiger partial charge in [-0.25, -0.2) is 13.2 Å². The highest BCUT2D eigenvalue weighted by molar-refractivity contribution is 7.26. The molecule has 2 atom stereocenters. The van der Waals surface area contributed by atoms with Crippen molar-refractivity contribution in [2.24, 2.45) is 0 Å². The van der Waals surface area contributed by atoms with E-state index in [1.165, 1.54) is 0 Å². The van der Waals surface area contributed by atoms with Crippen LogP contribution in [0.1, 0.15) is 0 Å². The minimum atomic E-state index is -2.30. The van der Waals surface area contributed by atoms with Gasteiger partial charge in [0.25, 0.3) is 0 Å². The first-order valence-corrected chi connectivity index (χ1v) is 3.02. The Morgan fingerprint density at radius 2 is 1.44 bits per heavy atom. The lowest BCUT2D eigenvalue weighted by Gasteiger charge is -2.22. The molecule has 2 nitrogen and oxygen atoms in total. The average Bonchev–Trinajstić information content (AvgIpc) is 1.83. The first-order valence-electron chi connectivity index (χ1n) is 2.20. The zero-order chi connectivity index (χ0) is 6.85. The molecule has 2 unspecified atom stereocenters. The van der Waals surface area contributed by atoms with Crippen LogP contribution in [0.3, 0.4) is 0 Å². The molecule has 0 amide bonds. The van der Waals surface area contributed by atoms with Crippen molar-refractivity contribution in [2.45, 2.75) is 18.9 Å². The molecular weight excluding hydrogens is 156 g/mol. The molecular formula is C3H4F3O2P. The van der Waals surface area contributed by atoms with Gasteiger partial charge < -0.3 is 0 Å². The fourth-order valence-corrected chi connectivity index (χ4v) is 0.868. The molecule has 0 N–H and O–H groups in total. The predicted molar refractivity (Wildman–Crippen MR) is 25.2 cm³/mol. The number of rotatable bonds is 0. The minimum absolute atomic E-state index is 0.742. The van der Waals surface area contributed by atoms with Crippen molar-refractivity contribution in [2.75, 3.05) is 0 Å². The molecule has 1 rings (SSSR count). The minimum Gasteiger partial charge on any atom is -0.298 e. The Morgan fingerprint density at radius 1 is 1.00 bits per heavy atom. The zero-order valence-electron chi connectivity index (χ0n) is 4.18. The molecule has 6 heteroatoms. The van der Waals surface area contributed by atoms with Crippen molar-refractivity contribution in [3.63, 3.8) is 0 Å². The van der Waals surface area contributed by atoms with Crippen LogP contribution in [0.5, 0.6) is 0 Å². The number of hydrogen-bond donors (Lipinski definition) is 0. The molecule has 1 heterocycles. The first kappa shape index (κ1) is 7.25. The monoisotopic (exact) mass is 160 g/mol. The highest BCUT2D eigenvalue weighted by atomic mass is 31.1. The van der Waals surface area contributed by atoms with E-state index in [1.807, 2.05) is 0 Å². The van der Waals surface area contributed by atoms with Crippen LogP contribution in [0.2, 0.25) is 0 Å². The van der Waals surface area contributed by atoms with Crippen molar-refractivity contribution in [1.82, 2.24) is 0 Å². The van der Waals surface area contributed by atoms with E-state index in [0.29, 0.717) is 0 Å². The van der Waals surface area contributed by atoms with Gasteiger partial charge in [-0.3, -0.25) is 9.05 Å². The lowest BCUT2D eigenvalue weighted by Crippen LogP contribution is -2.32. The summed E-state index contributed by atoms with van der Waals surface area (Å²) in [4.78, 5) is 0. The van der Waals surface area contributed by atoms with E-state index in [2.05, 4.69) is 9.05 Å². The maximum Gasteiger partial charge on any atom is 0.240 e. The topological polar surface area (TPSA) is 18.5 Å². The van der Waals surface area contributed by atoms with Gasteiger partial charge in [0.1, 0.15) is 0 Å². The summed E-state index contributed by atoms with van der Waals surface area (Å²) in [6.07, 6.45) is -6.65. The molecule has 1 aliphatic rings. The van der Waals surface area contributed by atoms with Crippen LogP contribution in [0.25, 0.3) is 0 Å². The normalized spacial score (nSPS) is 47.7. The van der Waals surface area contributed by atoms with Crippen LogP contribution < -0.4 is 0 Å². The third-order valence-electron chi connectivity index (χ3n) is 0.822. The summed E-state index contributed by atoms with van der Waals surface area (Å²) < 4.78 is 43.8. The number of alkyl halides is 3. The summed E-state index contributed by atoms with van der Waals surface area (Å²) in [5.41, 5.74) is 0. The molecule has 0 saturated carbocycles. The van der Waals surface area contributed by atoms with E-state index >= 15 is 0 Å². The molecule has 9 heavy (non-hydrogen) atoms. The molecule has 0 spiro atoms. The van der Waals surface area contributed by atoms with Gasteiger partial charge in [-0.15, -0.1) is 0 Å². The SMILES string of the molecule is FC1OPOC(F)C1F. The van der Waals surface area contributed by atoms with Crippen molar-refractivity contribution in [3.8, 4) is 0 Å². The van der Waals surface area contributed by atoms with Crippen LogP contribution >= 0.6 is 9.03 Å². The summed E-state index contributed by atoms with van der Waals surface area (Å²) in [6.45, 7) is 0. The highest BCUT2D eigenvalue weighted by Gasteiger charge is 2.35. The average molecular weight is 160 g/mol. The zero-order valence-corrected chi connectivity index (χ0v) is 5.18. The fraction of sp³-hybridized carbons (Fsp3) is 1.00. The Bertz CT molecular complexity index is 93.1. The smallest absolute Gasteiger partial charge is 0.240 e. The summed E-state index contributed by atoms with van der Waals surface area (Å²) in [7, 11) is -0.742. The van der Waals surface area contributed by atoms with E-state index in [9.17, 15) is 13.2 Å². The molecule has 0 radical (unpaired) electrons. The summed E-state index contributed by atoms with van der Waals surface area (Å²) in [5.74, 6) is 0. The molecule has 1 aliphatic heterocycles. The van der Waals surface area contributed by atoms with Crippen molar-refractivity contribution >= 4 is 9.03 Å². The molecule has 0 aromatic carbocycles. The third-order valence-corrected chi connectivity index (χ3v) is 1.46. The van der Waals surface area contributed by atoms with Crippen molar-refractivity contribution < 1.29 is 22.2 Å². The molecule has 1 saturated heterocycles. The Balaban J connectivity index is 2.41. The van der Waals surface area contributed by atoms with E-state index < -0.39 is 27.9 Å². The van der Waals surface area contributed by atoms with Crippen LogP contribution in [0.15, 0.2) is 0 Å². The largest absolute Gasteiger partial charge is 0.298 e. The molecule has 1 fully saturated rings. The van der Waals surface area contributed by atoms with E-state index in [0.717, 1.165) is 0 Å². The summed E-state index contributed by atoms with van der Waals surface area (Å²) in [6, 6.07) is 0. The Morgan fingerprint density at radius 3 is 1.78 bits per heavy atom. The van der Waals surface area contributed by atoms with Gasteiger partial charge in [0.05, 0.1) is 0 Å². The predicted octanol–water partition coefficient (Wildman–Crippen LogP) is 1.47. The van der Waals surface area contributed by atoms with Crippen molar-refractivity contribution in [3.05, 3.63) is 0 Å². The second-order valence-corrected chi connectivity index (χ2v) is 2.10. The van der Waals surface area contributed by atoms with E-state index in [4.69, 9.17) is 0 Å². The maximum absolute atomic E-state index is 12.0. The van der Waals surface area contributed by atoms with Crippen LogP contribution in [-0.2, 0) is 9.05 Å². The molecule has 0 aromatic rings. The Hall–Kier alpha value is 0.140. The third kappa shape index (κ3) is 1.53. The fourth-order valence-electron chi connectivity index (χ4n) is 0.369. The first-order chi connectivity index (χ1) is 4.22. The standard InChI is InChI=1S/C3H4F3O2P/c4-1-2(5)7-9-8-3(1)6/h1-3,9H. The van der Waals surface area contributed by atoms with Gasteiger partial charge in [-0.1, -0.05) is 0 Å². The Kier molecular flexibility index (Phi) is 2.27. The number of hydrogen-bond acceptors (Lipinski definition) is 2. The van der Waals surface area contributed by atoms with Gasteiger partial charge in [-0.2, -0.15) is 0 Å². The van der Waals surface area contributed by atoms with Gasteiger partial charge in [0, 0.05) is 0 Å². The van der Waals surface area contributed by atoms with Gasteiger partial charge in [0.15, 0.2) is 9.03 Å². The van der Waals surface area contributed by atoms with Gasteiger partial charge in [0.2, 0.25) is 18.9 Å². The molecule has 0 aromatic heterocycles. The molecule has 0 aliphatic carbocycles.